The molecule has 0 N–H and O–H groups in total. The first-order valence-corrected chi connectivity index (χ1v) is 4.94. The van der Waals surface area contributed by atoms with Crippen LogP contribution in [0, 0.1) is 23.7 Å². The van der Waals surface area contributed by atoms with Crippen molar-refractivity contribution in [1.29, 1.82) is 0 Å². The van der Waals surface area contributed by atoms with Crippen molar-refractivity contribution in [2.75, 3.05) is 0 Å². The van der Waals surface area contributed by atoms with Crippen LogP contribution in [0.1, 0.15) is 6.42 Å². The highest BCUT2D eigenvalue weighted by atomic mass is 35.5. The Kier molecular flexibility index (Phi) is 2.20. The zero-order valence-electron chi connectivity index (χ0n) is 6.74. The summed E-state index contributed by atoms with van der Waals surface area (Å²) in [6, 6.07) is 0. The highest BCUT2D eigenvalue weighted by Gasteiger charge is 2.50. The van der Waals surface area contributed by atoms with Crippen LogP contribution in [0.4, 0.5) is 0 Å². The molecule has 0 aliphatic heterocycles. The van der Waals surface area contributed by atoms with Gasteiger partial charge in [-0.15, -0.1) is 0 Å². The Morgan fingerprint density at radius 3 is 1.69 bits per heavy atom. The van der Waals surface area contributed by atoms with E-state index in [1.807, 2.05) is 12.2 Å². The van der Waals surface area contributed by atoms with Gasteiger partial charge in [0.2, 0.25) is 10.5 Å². The summed E-state index contributed by atoms with van der Waals surface area (Å²) >= 11 is 10.9. The quantitative estimate of drug-likeness (QED) is 0.525. The van der Waals surface area contributed by atoms with Crippen LogP contribution in [-0.2, 0) is 9.59 Å². The Labute approximate surface area is 85.9 Å². The topological polar surface area (TPSA) is 34.1 Å². The van der Waals surface area contributed by atoms with Gasteiger partial charge in [0.05, 0.1) is 11.8 Å². The Hall–Kier alpha value is -0.340. The van der Waals surface area contributed by atoms with Gasteiger partial charge in [0.25, 0.3) is 0 Å². The van der Waals surface area contributed by atoms with E-state index < -0.39 is 10.5 Å². The second kappa shape index (κ2) is 3.10. The van der Waals surface area contributed by atoms with Crippen LogP contribution in [-0.4, -0.2) is 10.5 Å². The van der Waals surface area contributed by atoms with E-state index in [1.165, 1.54) is 0 Å². The highest BCUT2D eigenvalue weighted by molar-refractivity contribution is 6.66. The van der Waals surface area contributed by atoms with Crippen molar-refractivity contribution in [2.24, 2.45) is 23.7 Å². The first-order valence-electron chi connectivity index (χ1n) is 4.18. The predicted molar refractivity (Wildman–Crippen MR) is 49.4 cm³/mol. The maximum Gasteiger partial charge on any atom is 0.226 e. The summed E-state index contributed by atoms with van der Waals surface area (Å²) in [5.41, 5.74) is 0. The molecule has 0 amide bonds. The van der Waals surface area contributed by atoms with Crippen LogP contribution >= 0.6 is 23.2 Å². The Morgan fingerprint density at radius 1 is 1.00 bits per heavy atom. The molecule has 0 unspecified atom stereocenters. The summed E-state index contributed by atoms with van der Waals surface area (Å²) in [6.45, 7) is 0. The molecule has 2 nitrogen and oxygen atoms in total. The van der Waals surface area contributed by atoms with E-state index in [9.17, 15) is 9.59 Å². The lowest BCUT2D eigenvalue weighted by atomic mass is 9.85. The molecule has 70 valence electrons. The smallest absolute Gasteiger partial charge is 0.226 e. The number of hydrogen-bond donors (Lipinski definition) is 0. The molecule has 0 radical (unpaired) electrons. The van der Waals surface area contributed by atoms with Crippen molar-refractivity contribution in [2.45, 2.75) is 6.42 Å². The maximum atomic E-state index is 11.1. The van der Waals surface area contributed by atoms with E-state index in [4.69, 9.17) is 23.2 Å². The van der Waals surface area contributed by atoms with Gasteiger partial charge in [-0.25, -0.2) is 0 Å². The summed E-state index contributed by atoms with van der Waals surface area (Å²) in [5.74, 6) is -0.520. The molecule has 4 atom stereocenters. The first-order chi connectivity index (χ1) is 6.11. The van der Waals surface area contributed by atoms with E-state index in [-0.39, 0.29) is 23.7 Å². The molecule has 13 heavy (non-hydrogen) atoms. The van der Waals surface area contributed by atoms with Gasteiger partial charge in [0.15, 0.2) is 0 Å². The Bertz CT molecular complexity index is 270. The fourth-order valence-corrected chi connectivity index (χ4v) is 3.04. The van der Waals surface area contributed by atoms with Gasteiger partial charge in [0.1, 0.15) is 0 Å². The third-order valence-electron chi connectivity index (χ3n) is 2.98. The van der Waals surface area contributed by atoms with Crippen LogP contribution in [0.3, 0.4) is 0 Å². The number of fused-ring (bicyclic) bond motifs is 2. The number of rotatable bonds is 2. The largest absolute Gasteiger partial charge is 0.281 e. The summed E-state index contributed by atoms with van der Waals surface area (Å²) in [4.78, 5) is 22.1. The van der Waals surface area contributed by atoms with Crippen molar-refractivity contribution in [3.05, 3.63) is 12.2 Å². The molecule has 0 aromatic rings. The molecule has 4 heteroatoms. The first kappa shape index (κ1) is 9.22. The fraction of sp³-hybridized carbons (Fsp3) is 0.556. The second-order valence-corrected chi connectivity index (χ2v) is 4.35. The van der Waals surface area contributed by atoms with Crippen LogP contribution in [0.2, 0.25) is 0 Å². The normalized spacial score (nSPS) is 41.1. The molecule has 0 aromatic carbocycles. The molecule has 2 bridgehead atoms. The van der Waals surface area contributed by atoms with Crippen LogP contribution in [0.25, 0.3) is 0 Å². The number of hydrogen-bond acceptors (Lipinski definition) is 2. The lowest BCUT2D eigenvalue weighted by molar-refractivity contribution is -0.124. The van der Waals surface area contributed by atoms with Crippen LogP contribution < -0.4 is 0 Å². The minimum Gasteiger partial charge on any atom is -0.281 e. The fourth-order valence-electron chi connectivity index (χ4n) is 2.44. The highest BCUT2D eigenvalue weighted by Crippen LogP contribution is 2.49. The summed E-state index contributed by atoms with van der Waals surface area (Å²) in [7, 11) is 0. The Balaban J connectivity index is 2.30. The van der Waals surface area contributed by atoms with Gasteiger partial charge < -0.3 is 0 Å². The summed E-state index contributed by atoms with van der Waals surface area (Å²) in [6.07, 6.45) is 4.77. The minimum absolute atomic E-state index is 0.127. The zero-order valence-corrected chi connectivity index (χ0v) is 8.26. The molecule has 2 rings (SSSR count). The van der Waals surface area contributed by atoms with Gasteiger partial charge >= 0.3 is 0 Å². The van der Waals surface area contributed by atoms with E-state index >= 15 is 0 Å². The van der Waals surface area contributed by atoms with Crippen molar-refractivity contribution >= 4 is 33.7 Å². The molecule has 2 aliphatic rings. The number of carbonyl (C=O) groups is 2. The monoisotopic (exact) mass is 218 g/mol. The molecule has 0 spiro atoms. The average Bonchev–Trinajstić information content (AvgIpc) is 2.60. The second-order valence-electron chi connectivity index (χ2n) is 3.61. The maximum absolute atomic E-state index is 11.1. The van der Waals surface area contributed by atoms with Crippen molar-refractivity contribution < 1.29 is 9.59 Å². The van der Waals surface area contributed by atoms with Gasteiger partial charge in [-0.3, -0.25) is 9.59 Å². The molecule has 0 saturated heterocycles. The number of carbonyl (C=O) groups excluding carboxylic acids is 2. The number of halogens is 2. The Morgan fingerprint density at radius 2 is 1.38 bits per heavy atom. The van der Waals surface area contributed by atoms with Crippen molar-refractivity contribution in [3.8, 4) is 0 Å². The summed E-state index contributed by atoms with van der Waals surface area (Å²) < 4.78 is 0. The molecule has 0 heterocycles. The standard InChI is InChI=1S/C9H8Cl2O2/c10-8(12)6-4-1-2-5(3-4)7(6)9(11)13/h1-2,4-7H,3H2/t4-,5-,6-,7+/m1/s1. The summed E-state index contributed by atoms with van der Waals surface area (Å²) in [5, 5.41) is -0.869. The molecule has 1 saturated carbocycles. The molecule has 1 fully saturated rings. The van der Waals surface area contributed by atoms with E-state index in [1.54, 1.807) is 0 Å². The lowest BCUT2D eigenvalue weighted by Crippen LogP contribution is -2.28. The van der Waals surface area contributed by atoms with E-state index in [0.29, 0.717) is 0 Å². The van der Waals surface area contributed by atoms with Gasteiger partial charge in [-0.2, -0.15) is 0 Å². The molecular formula is C9H8Cl2O2. The van der Waals surface area contributed by atoms with Crippen LogP contribution in [0.15, 0.2) is 12.2 Å². The minimum atomic E-state index is -0.434. The van der Waals surface area contributed by atoms with E-state index in [2.05, 4.69) is 0 Å². The SMILES string of the molecule is O=C(Cl)[C@@H]1[C@H](C(=O)Cl)[C@@H]2C=C[C@@H]1C2. The van der Waals surface area contributed by atoms with Crippen molar-refractivity contribution in [3.63, 3.8) is 0 Å². The third kappa shape index (κ3) is 1.32. The molecular weight excluding hydrogens is 211 g/mol. The van der Waals surface area contributed by atoms with Gasteiger partial charge in [-0.1, -0.05) is 12.2 Å². The van der Waals surface area contributed by atoms with Gasteiger partial charge in [-0.05, 0) is 41.5 Å². The molecule has 0 aromatic heterocycles. The van der Waals surface area contributed by atoms with Crippen molar-refractivity contribution in [1.82, 2.24) is 0 Å². The number of allylic oxidation sites excluding steroid dienone is 2. The van der Waals surface area contributed by atoms with Crippen LogP contribution in [0.5, 0.6) is 0 Å². The third-order valence-corrected chi connectivity index (χ3v) is 3.49. The lowest BCUT2D eigenvalue weighted by Gasteiger charge is -2.20. The zero-order chi connectivity index (χ0) is 9.59. The predicted octanol–water partition coefficient (Wildman–Crippen LogP) is 1.96. The average molecular weight is 219 g/mol. The molecule has 2 aliphatic carbocycles. The van der Waals surface area contributed by atoms with E-state index in [0.717, 1.165) is 6.42 Å². The van der Waals surface area contributed by atoms with Gasteiger partial charge in [0, 0.05) is 0 Å².